The van der Waals surface area contributed by atoms with E-state index in [9.17, 15) is 18.0 Å². The van der Waals surface area contributed by atoms with E-state index in [2.05, 4.69) is 9.71 Å². The lowest BCUT2D eigenvalue weighted by Gasteiger charge is -2.08. The Morgan fingerprint density at radius 2 is 1.96 bits per heavy atom. The normalized spacial score (nSPS) is 11.5. The molecule has 0 saturated heterocycles. The molecular formula is C15H12N2O5S. The van der Waals surface area contributed by atoms with Gasteiger partial charge in [0.2, 0.25) is 0 Å². The van der Waals surface area contributed by atoms with Gasteiger partial charge in [0.25, 0.3) is 10.0 Å². The molecule has 8 heteroatoms. The predicted molar refractivity (Wildman–Crippen MR) is 84.1 cm³/mol. The van der Waals surface area contributed by atoms with Crippen LogP contribution < -0.4 is 10.5 Å². The average molecular weight is 332 g/mol. The van der Waals surface area contributed by atoms with Crippen molar-refractivity contribution in [1.29, 1.82) is 0 Å². The van der Waals surface area contributed by atoms with Crippen LogP contribution in [0.5, 0.6) is 0 Å². The number of carbonyl (C=O) groups excluding carboxylic acids is 1. The minimum absolute atomic E-state index is 0.0321. The Morgan fingerprint density at radius 3 is 2.70 bits per heavy atom. The van der Waals surface area contributed by atoms with E-state index in [1.807, 2.05) is 0 Å². The molecule has 0 unspecified atom stereocenters. The van der Waals surface area contributed by atoms with Crippen LogP contribution in [-0.4, -0.2) is 19.2 Å². The van der Waals surface area contributed by atoms with Crippen LogP contribution in [0.15, 0.2) is 56.6 Å². The SMILES string of the molecule is CC(=O)c1cccc(NS(=O)(=O)c2ccc3oc(=O)[nH]c3c2)c1. The molecule has 3 aromatic rings. The number of carbonyl (C=O) groups is 1. The van der Waals surface area contributed by atoms with Crippen molar-refractivity contribution in [3.63, 3.8) is 0 Å². The van der Waals surface area contributed by atoms with Gasteiger partial charge >= 0.3 is 5.76 Å². The van der Waals surface area contributed by atoms with Gasteiger partial charge in [0.15, 0.2) is 11.4 Å². The summed E-state index contributed by atoms with van der Waals surface area (Å²) < 4.78 is 32.1. The highest BCUT2D eigenvalue weighted by molar-refractivity contribution is 7.92. The van der Waals surface area contributed by atoms with Gasteiger partial charge < -0.3 is 4.42 Å². The van der Waals surface area contributed by atoms with Crippen molar-refractivity contribution in [2.45, 2.75) is 11.8 Å². The maximum atomic E-state index is 12.4. The lowest BCUT2D eigenvalue weighted by molar-refractivity contribution is 0.101. The summed E-state index contributed by atoms with van der Waals surface area (Å²) in [5, 5.41) is 0. The number of hydrogen-bond donors (Lipinski definition) is 2. The number of Topliss-reactive ketones (excluding diaryl/α,β-unsaturated/α-hetero) is 1. The van der Waals surface area contributed by atoms with Crippen LogP contribution in [0.1, 0.15) is 17.3 Å². The number of benzene rings is 2. The highest BCUT2D eigenvalue weighted by Crippen LogP contribution is 2.20. The van der Waals surface area contributed by atoms with Crippen LogP contribution in [0.3, 0.4) is 0 Å². The Bertz CT molecular complexity index is 1060. The number of aromatic nitrogens is 1. The van der Waals surface area contributed by atoms with Crippen LogP contribution in [0.2, 0.25) is 0 Å². The third-order valence-electron chi connectivity index (χ3n) is 3.22. The van der Waals surface area contributed by atoms with Crippen LogP contribution in [0.4, 0.5) is 5.69 Å². The molecule has 7 nitrogen and oxygen atoms in total. The second-order valence-corrected chi connectivity index (χ2v) is 6.60. The first-order valence-corrected chi connectivity index (χ1v) is 8.10. The summed E-state index contributed by atoms with van der Waals surface area (Å²) in [6.07, 6.45) is 0. The molecule has 1 aromatic heterocycles. The second kappa shape index (κ2) is 5.40. The lowest BCUT2D eigenvalue weighted by Crippen LogP contribution is -2.13. The summed E-state index contributed by atoms with van der Waals surface area (Å²) in [7, 11) is -3.86. The molecule has 118 valence electrons. The fraction of sp³-hybridized carbons (Fsp3) is 0.0667. The van der Waals surface area contributed by atoms with Gasteiger partial charge in [-0.2, -0.15) is 0 Å². The van der Waals surface area contributed by atoms with Gasteiger partial charge in [-0.1, -0.05) is 12.1 Å². The van der Waals surface area contributed by atoms with Gasteiger partial charge in [-0.05, 0) is 37.3 Å². The van der Waals surface area contributed by atoms with E-state index in [0.29, 0.717) is 5.56 Å². The molecule has 0 aliphatic carbocycles. The fourth-order valence-corrected chi connectivity index (χ4v) is 3.19. The average Bonchev–Trinajstić information content (AvgIpc) is 2.86. The first kappa shape index (κ1) is 15.0. The zero-order valence-corrected chi connectivity index (χ0v) is 12.8. The number of rotatable bonds is 4. The third kappa shape index (κ3) is 3.02. The third-order valence-corrected chi connectivity index (χ3v) is 4.60. The minimum Gasteiger partial charge on any atom is -0.408 e. The summed E-state index contributed by atoms with van der Waals surface area (Å²) in [6, 6.07) is 10.2. The first-order chi connectivity index (χ1) is 10.8. The van der Waals surface area contributed by atoms with Crippen molar-refractivity contribution in [2.75, 3.05) is 4.72 Å². The molecule has 0 radical (unpaired) electrons. The topological polar surface area (TPSA) is 109 Å². The molecule has 0 bridgehead atoms. The molecule has 0 amide bonds. The van der Waals surface area contributed by atoms with Gasteiger partial charge in [0, 0.05) is 11.3 Å². The van der Waals surface area contributed by atoms with Gasteiger partial charge in [0.1, 0.15) is 0 Å². The highest BCUT2D eigenvalue weighted by Gasteiger charge is 2.16. The molecule has 0 spiro atoms. The van der Waals surface area contributed by atoms with Gasteiger partial charge in [-0.25, -0.2) is 13.2 Å². The van der Waals surface area contributed by atoms with Crippen LogP contribution in [0.25, 0.3) is 11.1 Å². The molecule has 3 rings (SSSR count). The smallest absolute Gasteiger partial charge is 0.408 e. The van der Waals surface area contributed by atoms with E-state index >= 15 is 0 Å². The summed E-state index contributed by atoms with van der Waals surface area (Å²) in [6.45, 7) is 1.40. The number of H-pyrrole nitrogens is 1. The molecule has 23 heavy (non-hydrogen) atoms. The van der Waals surface area contributed by atoms with Crippen LogP contribution in [0, 0.1) is 0 Å². The number of sulfonamides is 1. The van der Waals surface area contributed by atoms with Gasteiger partial charge in [-0.3, -0.25) is 14.5 Å². The molecule has 2 N–H and O–H groups in total. The zero-order valence-electron chi connectivity index (χ0n) is 12.0. The monoisotopic (exact) mass is 332 g/mol. The maximum Gasteiger partial charge on any atom is 0.417 e. The van der Waals surface area contributed by atoms with Crippen molar-refractivity contribution < 1.29 is 17.6 Å². The summed E-state index contributed by atoms with van der Waals surface area (Å²) in [5.74, 6) is -0.819. The van der Waals surface area contributed by atoms with E-state index in [0.717, 1.165) is 0 Å². The number of oxazole rings is 1. The number of anilines is 1. The van der Waals surface area contributed by atoms with Crippen molar-refractivity contribution >= 4 is 32.6 Å². The van der Waals surface area contributed by atoms with Crippen molar-refractivity contribution in [2.24, 2.45) is 0 Å². The van der Waals surface area contributed by atoms with Crippen LogP contribution in [-0.2, 0) is 10.0 Å². The standard InChI is InChI=1S/C15H12N2O5S/c1-9(18)10-3-2-4-11(7-10)17-23(20,21)12-5-6-14-13(8-12)16-15(19)22-14/h2-8,17H,1H3,(H,16,19). The maximum absolute atomic E-state index is 12.4. The van der Waals surface area contributed by atoms with Crippen molar-refractivity contribution in [3.05, 3.63) is 58.6 Å². The number of aromatic amines is 1. The molecule has 1 heterocycles. The Labute approximate surface area is 131 Å². The van der Waals surface area contributed by atoms with E-state index < -0.39 is 15.8 Å². The zero-order chi connectivity index (χ0) is 16.6. The Morgan fingerprint density at radius 1 is 1.17 bits per heavy atom. The fourth-order valence-electron chi connectivity index (χ4n) is 2.11. The largest absolute Gasteiger partial charge is 0.417 e. The van der Waals surface area contributed by atoms with Crippen LogP contribution >= 0.6 is 0 Å². The van der Waals surface area contributed by atoms with Crippen molar-refractivity contribution in [1.82, 2.24) is 4.98 Å². The Hall–Kier alpha value is -2.87. The Balaban J connectivity index is 1.98. The van der Waals surface area contributed by atoms with E-state index in [1.54, 1.807) is 18.2 Å². The number of nitrogens with one attached hydrogen (secondary N) is 2. The Kier molecular flexibility index (Phi) is 3.53. The quantitative estimate of drug-likeness (QED) is 0.711. The first-order valence-electron chi connectivity index (χ1n) is 6.62. The highest BCUT2D eigenvalue weighted by atomic mass is 32.2. The molecule has 0 saturated carbocycles. The lowest BCUT2D eigenvalue weighted by atomic mass is 10.1. The second-order valence-electron chi connectivity index (χ2n) is 4.91. The van der Waals surface area contributed by atoms with E-state index in [4.69, 9.17) is 4.42 Å². The van der Waals surface area contributed by atoms with E-state index in [-0.39, 0.29) is 27.5 Å². The number of fused-ring (bicyclic) bond motifs is 1. The molecular weight excluding hydrogens is 320 g/mol. The van der Waals surface area contributed by atoms with Gasteiger partial charge in [-0.15, -0.1) is 0 Å². The van der Waals surface area contributed by atoms with Gasteiger partial charge in [0.05, 0.1) is 10.4 Å². The minimum atomic E-state index is -3.86. The van der Waals surface area contributed by atoms with Crippen molar-refractivity contribution in [3.8, 4) is 0 Å². The number of ketones is 1. The van der Waals surface area contributed by atoms with E-state index in [1.165, 1.54) is 31.2 Å². The molecule has 0 atom stereocenters. The molecule has 2 aromatic carbocycles. The number of hydrogen-bond acceptors (Lipinski definition) is 5. The molecule has 0 aliphatic rings. The summed E-state index contributed by atoms with van der Waals surface area (Å²) in [5.41, 5.74) is 1.24. The molecule has 0 fully saturated rings. The predicted octanol–water partition coefficient (Wildman–Crippen LogP) is 2.12. The summed E-state index contributed by atoms with van der Waals surface area (Å²) >= 11 is 0. The summed E-state index contributed by atoms with van der Waals surface area (Å²) in [4.78, 5) is 24.9. The molecule has 0 aliphatic heterocycles.